The van der Waals surface area contributed by atoms with E-state index in [9.17, 15) is 8.42 Å². The molecule has 2 rings (SSSR count). The number of nitrogens with zero attached hydrogens (tertiary/aromatic N) is 2. The van der Waals surface area contributed by atoms with Crippen LogP contribution in [0.3, 0.4) is 0 Å². The number of aromatic nitrogens is 2. The van der Waals surface area contributed by atoms with E-state index in [1.54, 1.807) is 25.1 Å². The second-order valence-corrected chi connectivity index (χ2v) is 6.69. The molecule has 1 heterocycles. The van der Waals surface area contributed by atoms with Gasteiger partial charge in [0, 0.05) is 11.3 Å². The monoisotopic (exact) mass is 284 g/mol. The van der Waals surface area contributed by atoms with E-state index in [4.69, 9.17) is 11.6 Å². The van der Waals surface area contributed by atoms with Gasteiger partial charge in [-0.15, -0.1) is 11.6 Å². The van der Waals surface area contributed by atoms with E-state index < -0.39 is 15.1 Å². The minimum Gasteiger partial charge on any atom is -0.236 e. The lowest BCUT2D eigenvalue weighted by Gasteiger charge is -2.12. The Morgan fingerprint density at radius 2 is 2.00 bits per heavy atom. The molecule has 0 aliphatic rings. The van der Waals surface area contributed by atoms with E-state index in [0.717, 1.165) is 0 Å². The molecule has 0 saturated carbocycles. The van der Waals surface area contributed by atoms with Crippen LogP contribution in [0.1, 0.15) is 13.3 Å². The van der Waals surface area contributed by atoms with Gasteiger partial charge in [0.25, 0.3) is 0 Å². The van der Waals surface area contributed by atoms with Crippen LogP contribution in [-0.2, 0) is 9.84 Å². The minimum absolute atomic E-state index is 0.0886. The van der Waals surface area contributed by atoms with Gasteiger partial charge in [0.15, 0.2) is 14.9 Å². The van der Waals surface area contributed by atoms with Gasteiger partial charge in [-0.2, -0.15) is 0 Å². The van der Waals surface area contributed by atoms with Crippen molar-refractivity contribution in [2.75, 3.05) is 5.88 Å². The molecule has 0 fully saturated rings. The van der Waals surface area contributed by atoms with Gasteiger partial charge in [0.2, 0.25) is 0 Å². The maximum Gasteiger partial charge on any atom is 0.198 e. The summed E-state index contributed by atoms with van der Waals surface area (Å²) in [7, 11) is -3.46. The van der Waals surface area contributed by atoms with Gasteiger partial charge in [0.05, 0.1) is 10.8 Å². The molecule has 0 spiro atoms. The van der Waals surface area contributed by atoms with Crippen molar-refractivity contribution in [3.05, 3.63) is 30.6 Å². The third-order valence-electron chi connectivity index (χ3n) is 2.82. The van der Waals surface area contributed by atoms with Gasteiger partial charge in [-0.05, 0) is 25.5 Å². The largest absolute Gasteiger partial charge is 0.236 e. The second-order valence-electron chi connectivity index (χ2n) is 4.03. The van der Waals surface area contributed by atoms with Crippen molar-refractivity contribution >= 4 is 32.3 Å². The molecular weight excluding hydrogens is 272 g/mol. The summed E-state index contributed by atoms with van der Waals surface area (Å²) in [5.41, 5.74) is 0.629. The summed E-state index contributed by atoms with van der Waals surface area (Å²) in [6.45, 7) is 1.65. The maximum atomic E-state index is 12.4. The maximum absolute atomic E-state index is 12.4. The molecule has 2 aromatic rings. The number of para-hydroxylation sites is 1. The molecule has 96 valence electrons. The fraction of sp³-hybridized carbons (Fsp3) is 0.333. The molecule has 0 bridgehead atoms. The molecule has 0 saturated heterocycles. The van der Waals surface area contributed by atoms with Crippen LogP contribution in [0.4, 0.5) is 0 Å². The Hall–Kier alpha value is -1.20. The Morgan fingerprint density at radius 1 is 1.28 bits per heavy atom. The Bertz CT molecular complexity index is 653. The highest BCUT2D eigenvalue weighted by atomic mass is 35.5. The summed E-state index contributed by atoms with van der Waals surface area (Å²) >= 11 is 5.61. The Morgan fingerprint density at radius 3 is 2.72 bits per heavy atom. The zero-order chi connectivity index (χ0) is 13.2. The standard InChI is InChI=1S/C12H13ClN2O2S/c1-9(6-7-13)18(16,17)12-10-4-2-3-5-11(10)14-8-15-12/h2-5,8-9H,6-7H2,1H3. The number of rotatable bonds is 4. The Balaban J connectivity index is 2.61. The fourth-order valence-electron chi connectivity index (χ4n) is 1.71. The van der Waals surface area contributed by atoms with Gasteiger partial charge in [-0.25, -0.2) is 18.4 Å². The molecule has 0 aliphatic heterocycles. The number of hydrogen-bond acceptors (Lipinski definition) is 4. The lowest BCUT2D eigenvalue weighted by Crippen LogP contribution is -2.20. The van der Waals surface area contributed by atoms with Crippen LogP contribution in [-0.4, -0.2) is 29.5 Å². The molecule has 4 nitrogen and oxygen atoms in total. The molecule has 1 aromatic heterocycles. The van der Waals surface area contributed by atoms with Crippen molar-refractivity contribution in [3.8, 4) is 0 Å². The Kier molecular flexibility index (Phi) is 3.82. The van der Waals surface area contributed by atoms with Crippen LogP contribution in [0.5, 0.6) is 0 Å². The van der Waals surface area contributed by atoms with E-state index in [1.165, 1.54) is 6.33 Å². The van der Waals surface area contributed by atoms with E-state index >= 15 is 0 Å². The number of alkyl halides is 1. The average molecular weight is 285 g/mol. The highest BCUT2D eigenvalue weighted by Gasteiger charge is 2.26. The quantitative estimate of drug-likeness (QED) is 0.639. The summed E-state index contributed by atoms with van der Waals surface area (Å²) in [5, 5.41) is 0.0976. The average Bonchev–Trinajstić information content (AvgIpc) is 2.38. The van der Waals surface area contributed by atoms with Crippen molar-refractivity contribution in [1.29, 1.82) is 0 Å². The third-order valence-corrected chi connectivity index (χ3v) is 5.20. The highest BCUT2D eigenvalue weighted by molar-refractivity contribution is 7.92. The third kappa shape index (κ3) is 2.33. The van der Waals surface area contributed by atoms with E-state index in [0.29, 0.717) is 23.2 Å². The van der Waals surface area contributed by atoms with Crippen LogP contribution >= 0.6 is 11.6 Å². The molecule has 0 aliphatic carbocycles. The SMILES string of the molecule is CC(CCCl)S(=O)(=O)c1ncnc2ccccc12. The summed E-state index contributed by atoms with van der Waals surface area (Å²) in [4.78, 5) is 8.00. The molecule has 1 unspecified atom stereocenters. The molecule has 0 N–H and O–H groups in total. The van der Waals surface area contributed by atoms with E-state index in [1.807, 2.05) is 6.07 Å². The van der Waals surface area contributed by atoms with Crippen molar-refractivity contribution in [2.45, 2.75) is 23.6 Å². The molecule has 0 radical (unpaired) electrons. The lowest BCUT2D eigenvalue weighted by atomic mass is 10.2. The number of fused-ring (bicyclic) bond motifs is 1. The van der Waals surface area contributed by atoms with Crippen LogP contribution in [0, 0.1) is 0 Å². The molecule has 1 aromatic carbocycles. The van der Waals surface area contributed by atoms with Crippen LogP contribution < -0.4 is 0 Å². The topological polar surface area (TPSA) is 59.9 Å². The van der Waals surface area contributed by atoms with Crippen molar-refractivity contribution < 1.29 is 8.42 Å². The summed E-state index contributed by atoms with van der Waals surface area (Å²) in [6, 6.07) is 7.07. The number of hydrogen-bond donors (Lipinski definition) is 0. The molecular formula is C12H13ClN2O2S. The predicted molar refractivity (Wildman–Crippen MR) is 71.5 cm³/mol. The van der Waals surface area contributed by atoms with Gasteiger partial charge in [-0.1, -0.05) is 12.1 Å². The van der Waals surface area contributed by atoms with Gasteiger partial charge in [0.1, 0.15) is 6.33 Å². The van der Waals surface area contributed by atoms with Crippen molar-refractivity contribution in [3.63, 3.8) is 0 Å². The zero-order valence-corrected chi connectivity index (χ0v) is 11.4. The van der Waals surface area contributed by atoms with Crippen LogP contribution in [0.25, 0.3) is 10.9 Å². The lowest BCUT2D eigenvalue weighted by molar-refractivity contribution is 0.578. The Labute approximate surface area is 111 Å². The van der Waals surface area contributed by atoms with Gasteiger partial charge >= 0.3 is 0 Å². The molecule has 0 amide bonds. The number of halogens is 1. The first kappa shape index (κ1) is 13.2. The summed E-state index contributed by atoms with van der Waals surface area (Å²) < 4.78 is 24.8. The fourth-order valence-corrected chi connectivity index (χ4v) is 3.65. The molecule has 1 atom stereocenters. The summed E-state index contributed by atoms with van der Waals surface area (Å²) in [6.07, 6.45) is 1.69. The van der Waals surface area contributed by atoms with E-state index in [2.05, 4.69) is 9.97 Å². The van der Waals surface area contributed by atoms with Crippen LogP contribution in [0.15, 0.2) is 35.6 Å². The first-order valence-electron chi connectivity index (χ1n) is 5.57. The first-order valence-corrected chi connectivity index (χ1v) is 7.65. The number of benzene rings is 1. The predicted octanol–water partition coefficient (Wildman–Crippen LogP) is 2.42. The van der Waals surface area contributed by atoms with Crippen molar-refractivity contribution in [2.24, 2.45) is 0 Å². The van der Waals surface area contributed by atoms with Crippen molar-refractivity contribution in [1.82, 2.24) is 9.97 Å². The van der Waals surface area contributed by atoms with Crippen LogP contribution in [0.2, 0.25) is 0 Å². The second kappa shape index (κ2) is 5.20. The molecule has 18 heavy (non-hydrogen) atoms. The smallest absolute Gasteiger partial charge is 0.198 e. The number of sulfone groups is 1. The molecule has 6 heteroatoms. The first-order chi connectivity index (χ1) is 8.57. The summed E-state index contributed by atoms with van der Waals surface area (Å²) in [5.74, 6) is 0.309. The van der Waals surface area contributed by atoms with Gasteiger partial charge in [-0.3, -0.25) is 0 Å². The van der Waals surface area contributed by atoms with Gasteiger partial charge < -0.3 is 0 Å². The normalized spacial score (nSPS) is 13.7. The zero-order valence-electron chi connectivity index (χ0n) is 9.88. The minimum atomic E-state index is -3.46. The highest BCUT2D eigenvalue weighted by Crippen LogP contribution is 2.23. The van der Waals surface area contributed by atoms with E-state index in [-0.39, 0.29) is 5.03 Å².